The molecule has 0 aliphatic heterocycles. The standard InChI is InChI=1S/C18H24N2O5S2/c1-6-25-15(21)9-10-20-13-8-7-12(27(5,23)24)11-14(13)26-17(20)19-16(22)18(2,3)4/h7-8,11H,6,9-10H2,1-5H3. The number of esters is 1. The van der Waals surface area contributed by atoms with Crippen LogP contribution in [0.1, 0.15) is 34.1 Å². The highest BCUT2D eigenvalue weighted by molar-refractivity contribution is 7.90. The molecule has 1 aromatic carbocycles. The highest BCUT2D eigenvalue weighted by atomic mass is 32.2. The number of hydrogen-bond donors (Lipinski definition) is 0. The average molecular weight is 413 g/mol. The Morgan fingerprint density at radius 2 is 1.93 bits per heavy atom. The summed E-state index contributed by atoms with van der Waals surface area (Å²) in [4.78, 5) is 29.0. The monoisotopic (exact) mass is 412 g/mol. The van der Waals surface area contributed by atoms with Crippen molar-refractivity contribution in [2.45, 2.75) is 45.6 Å². The minimum absolute atomic E-state index is 0.129. The first-order chi connectivity index (χ1) is 12.4. The van der Waals surface area contributed by atoms with E-state index < -0.39 is 15.3 Å². The van der Waals surface area contributed by atoms with E-state index in [4.69, 9.17) is 4.74 Å². The molecule has 0 N–H and O–H groups in total. The van der Waals surface area contributed by atoms with Gasteiger partial charge in [0.15, 0.2) is 14.6 Å². The highest BCUT2D eigenvalue weighted by Gasteiger charge is 2.21. The number of amides is 1. The fourth-order valence-electron chi connectivity index (χ4n) is 2.28. The second-order valence-electron chi connectivity index (χ2n) is 7.16. The number of carbonyl (C=O) groups is 2. The number of aryl methyl sites for hydroxylation is 1. The first-order valence-electron chi connectivity index (χ1n) is 8.51. The zero-order valence-corrected chi connectivity index (χ0v) is 17.7. The second-order valence-corrected chi connectivity index (χ2v) is 10.2. The van der Waals surface area contributed by atoms with Gasteiger partial charge in [0.1, 0.15) is 0 Å². The van der Waals surface area contributed by atoms with E-state index in [1.807, 2.05) is 0 Å². The number of rotatable bonds is 5. The van der Waals surface area contributed by atoms with Crippen LogP contribution in [-0.4, -0.2) is 37.7 Å². The molecule has 0 radical (unpaired) electrons. The Hall–Kier alpha value is -2.00. The number of nitrogens with zero attached hydrogens (tertiary/aromatic N) is 2. The van der Waals surface area contributed by atoms with Crippen molar-refractivity contribution in [1.82, 2.24) is 4.57 Å². The lowest BCUT2D eigenvalue weighted by Crippen LogP contribution is -2.24. The Balaban J connectivity index is 2.60. The third-order valence-electron chi connectivity index (χ3n) is 3.77. The van der Waals surface area contributed by atoms with Gasteiger partial charge in [-0.15, -0.1) is 0 Å². The van der Waals surface area contributed by atoms with Gasteiger partial charge in [-0.1, -0.05) is 32.1 Å². The molecule has 7 nitrogen and oxygen atoms in total. The van der Waals surface area contributed by atoms with Gasteiger partial charge in [0.25, 0.3) is 5.91 Å². The van der Waals surface area contributed by atoms with Crippen LogP contribution in [-0.2, 0) is 30.7 Å². The summed E-state index contributed by atoms with van der Waals surface area (Å²) in [6, 6.07) is 4.76. The van der Waals surface area contributed by atoms with E-state index >= 15 is 0 Å². The molecule has 0 fully saturated rings. The van der Waals surface area contributed by atoms with Crippen molar-refractivity contribution in [3.63, 3.8) is 0 Å². The summed E-state index contributed by atoms with van der Waals surface area (Å²) in [6.45, 7) is 7.64. The first kappa shape index (κ1) is 21.3. The lowest BCUT2D eigenvalue weighted by atomic mass is 9.96. The molecule has 0 spiro atoms. The summed E-state index contributed by atoms with van der Waals surface area (Å²) in [6.07, 6.45) is 1.27. The van der Waals surface area contributed by atoms with Crippen LogP contribution in [0, 0.1) is 5.41 Å². The van der Waals surface area contributed by atoms with Crippen LogP contribution < -0.4 is 4.80 Å². The summed E-state index contributed by atoms with van der Waals surface area (Å²) in [5.74, 6) is -0.632. The number of fused-ring (bicyclic) bond motifs is 1. The van der Waals surface area contributed by atoms with Gasteiger partial charge in [-0.3, -0.25) is 9.59 Å². The Labute approximate surface area is 162 Å². The van der Waals surface area contributed by atoms with Gasteiger partial charge in [-0.2, -0.15) is 4.99 Å². The third kappa shape index (κ3) is 5.26. The number of sulfone groups is 1. The predicted molar refractivity (Wildman–Crippen MR) is 104 cm³/mol. The number of benzene rings is 1. The minimum Gasteiger partial charge on any atom is -0.466 e. The maximum atomic E-state index is 12.4. The van der Waals surface area contributed by atoms with Crippen molar-refractivity contribution in [3.8, 4) is 0 Å². The van der Waals surface area contributed by atoms with Gasteiger partial charge in [0.05, 0.1) is 28.1 Å². The molecule has 0 atom stereocenters. The Morgan fingerprint density at radius 1 is 1.26 bits per heavy atom. The highest BCUT2D eigenvalue weighted by Crippen LogP contribution is 2.23. The molecular weight excluding hydrogens is 388 g/mol. The molecule has 27 heavy (non-hydrogen) atoms. The first-order valence-corrected chi connectivity index (χ1v) is 11.2. The lowest BCUT2D eigenvalue weighted by molar-refractivity contribution is -0.143. The zero-order chi connectivity index (χ0) is 20.4. The Bertz CT molecular complexity index is 1040. The molecule has 0 aliphatic rings. The van der Waals surface area contributed by atoms with Gasteiger partial charge in [0, 0.05) is 18.2 Å². The van der Waals surface area contributed by atoms with Crippen molar-refractivity contribution < 1.29 is 22.7 Å². The van der Waals surface area contributed by atoms with Gasteiger partial charge in [-0.05, 0) is 25.1 Å². The van der Waals surface area contributed by atoms with Crippen molar-refractivity contribution in [3.05, 3.63) is 23.0 Å². The van der Waals surface area contributed by atoms with E-state index in [1.54, 1.807) is 44.4 Å². The molecule has 148 valence electrons. The molecular formula is C18H24N2O5S2. The van der Waals surface area contributed by atoms with Gasteiger partial charge < -0.3 is 9.30 Å². The molecule has 0 unspecified atom stereocenters. The van der Waals surface area contributed by atoms with Crippen LogP contribution in [0.4, 0.5) is 0 Å². The number of carbonyl (C=O) groups excluding carboxylic acids is 2. The fourth-order valence-corrected chi connectivity index (χ4v) is 4.09. The molecule has 9 heteroatoms. The van der Waals surface area contributed by atoms with Crippen LogP contribution in [0.2, 0.25) is 0 Å². The normalized spacial score (nSPS) is 13.1. The fraction of sp³-hybridized carbons (Fsp3) is 0.500. The van der Waals surface area contributed by atoms with Crippen LogP contribution in [0.25, 0.3) is 10.2 Å². The van der Waals surface area contributed by atoms with E-state index in [0.29, 0.717) is 16.1 Å². The smallest absolute Gasteiger partial charge is 0.307 e. The largest absolute Gasteiger partial charge is 0.466 e. The number of aromatic nitrogens is 1. The maximum absolute atomic E-state index is 12.4. The molecule has 0 saturated heterocycles. The molecule has 2 rings (SSSR count). The van der Waals surface area contributed by atoms with Gasteiger partial charge in [-0.25, -0.2) is 8.42 Å². The molecule has 0 saturated carbocycles. The Kier molecular flexibility index (Phi) is 6.26. The number of thiazole rings is 1. The van der Waals surface area contributed by atoms with E-state index in [-0.39, 0.29) is 29.7 Å². The topological polar surface area (TPSA) is 94.8 Å². The minimum atomic E-state index is -3.35. The predicted octanol–water partition coefficient (Wildman–Crippen LogP) is 2.53. The van der Waals surface area contributed by atoms with Gasteiger partial charge in [0.2, 0.25) is 0 Å². The summed E-state index contributed by atoms with van der Waals surface area (Å²) in [5, 5.41) is 0. The van der Waals surface area contributed by atoms with E-state index in [2.05, 4.69) is 4.99 Å². The van der Waals surface area contributed by atoms with Crippen molar-refractivity contribution in [1.29, 1.82) is 0 Å². The lowest BCUT2D eigenvalue weighted by Gasteiger charge is -2.12. The average Bonchev–Trinajstić information content (AvgIpc) is 2.87. The molecule has 0 bridgehead atoms. The quantitative estimate of drug-likeness (QED) is 0.703. The van der Waals surface area contributed by atoms with Crippen molar-refractivity contribution >= 4 is 43.3 Å². The van der Waals surface area contributed by atoms with E-state index in [9.17, 15) is 18.0 Å². The molecule has 1 amide bonds. The third-order valence-corrected chi connectivity index (χ3v) is 5.92. The molecule has 0 aliphatic carbocycles. The summed E-state index contributed by atoms with van der Waals surface area (Å²) in [7, 11) is -3.35. The van der Waals surface area contributed by atoms with Crippen molar-refractivity contribution in [2.75, 3.05) is 12.9 Å². The molecule has 1 heterocycles. The number of ether oxygens (including phenoxy) is 1. The molecule has 1 aromatic heterocycles. The van der Waals surface area contributed by atoms with Crippen LogP contribution in [0.3, 0.4) is 0 Å². The second kappa shape index (κ2) is 7.93. The maximum Gasteiger partial charge on any atom is 0.307 e. The van der Waals surface area contributed by atoms with E-state index in [1.165, 1.54) is 17.4 Å². The summed E-state index contributed by atoms with van der Waals surface area (Å²) >= 11 is 1.22. The Morgan fingerprint density at radius 3 is 2.48 bits per heavy atom. The SMILES string of the molecule is CCOC(=O)CCn1c(=NC(=O)C(C)(C)C)sc2cc(S(C)(=O)=O)ccc21. The summed E-state index contributed by atoms with van der Waals surface area (Å²) < 4.78 is 31.1. The summed E-state index contributed by atoms with van der Waals surface area (Å²) in [5.41, 5.74) is 0.0738. The van der Waals surface area contributed by atoms with Crippen LogP contribution >= 0.6 is 11.3 Å². The van der Waals surface area contributed by atoms with Crippen LogP contribution in [0.5, 0.6) is 0 Å². The van der Waals surface area contributed by atoms with Gasteiger partial charge >= 0.3 is 5.97 Å². The molecule has 2 aromatic rings. The zero-order valence-electron chi connectivity index (χ0n) is 16.1. The van der Waals surface area contributed by atoms with E-state index in [0.717, 1.165) is 11.8 Å². The number of hydrogen-bond acceptors (Lipinski definition) is 6. The van der Waals surface area contributed by atoms with Crippen molar-refractivity contribution in [2.24, 2.45) is 10.4 Å². The van der Waals surface area contributed by atoms with Crippen LogP contribution in [0.15, 0.2) is 28.1 Å².